The number of carbonyl (C=O) groups excluding carboxylic acids is 1. The van der Waals surface area contributed by atoms with E-state index in [-0.39, 0.29) is 6.42 Å². The number of nitrogens with zero attached hydrogens (tertiary/aromatic N) is 4. The Morgan fingerprint density at radius 1 is 1.44 bits per heavy atom. The quantitative estimate of drug-likeness (QED) is 0.487. The zero-order valence-corrected chi connectivity index (χ0v) is 10.7. The average Bonchev–Trinajstić information content (AvgIpc) is 2.39. The van der Waals surface area contributed by atoms with Gasteiger partial charge in [0.1, 0.15) is 12.6 Å². The van der Waals surface area contributed by atoms with E-state index in [0.717, 1.165) is 11.3 Å². The van der Waals surface area contributed by atoms with Gasteiger partial charge in [0.15, 0.2) is 6.20 Å². The van der Waals surface area contributed by atoms with Gasteiger partial charge in [-0.3, -0.25) is 4.79 Å². The lowest BCUT2D eigenvalue weighted by Crippen LogP contribution is -2.40. The molecule has 0 aliphatic rings. The van der Waals surface area contributed by atoms with Crippen LogP contribution in [0.25, 0.3) is 11.3 Å². The molecule has 0 radical (unpaired) electrons. The highest BCUT2D eigenvalue weighted by Crippen LogP contribution is 2.14. The molecule has 0 spiro atoms. The lowest BCUT2D eigenvalue weighted by molar-refractivity contribution is -0.758. The van der Waals surface area contributed by atoms with Gasteiger partial charge in [-0.05, 0) is 40.4 Å². The summed E-state index contributed by atoms with van der Waals surface area (Å²) in [6.45, 7) is 0. The number of alkyl halides is 1. The molecule has 0 amide bonds. The van der Waals surface area contributed by atoms with Gasteiger partial charge in [0.25, 0.3) is 5.50 Å². The number of halogens is 2. The SMILES string of the molecule is O=C(Cl)CC(Cl)[n+]1ccc(-c2cccnn2)cn1. The Bertz CT molecular complexity index is 532. The van der Waals surface area contributed by atoms with Gasteiger partial charge in [-0.25, -0.2) is 0 Å². The highest BCUT2D eigenvalue weighted by Gasteiger charge is 2.20. The molecule has 7 heteroatoms. The van der Waals surface area contributed by atoms with Gasteiger partial charge in [0.2, 0.25) is 5.24 Å². The maximum Gasteiger partial charge on any atom is 0.266 e. The second-order valence-electron chi connectivity index (χ2n) is 3.50. The lowest BCUT2D eigenvalue weighted by atomic mass is 10.2. The largest absolute Gasteiger partial charge is 0.281 e. The minimum atomic E-state index is -0.592. The fourth-order valence-corrected chi connectivity index (χ4v) is 1.85. The predicted octanol–water partition coefficient (Wildman–Crippen LogP) is 1.72. The van der Waals surface area contributed by atoms with Crippen molar-refractivity contribution in [2.45, 2.75) is 11.9 Å². The van der Waals surface area contributed by atoms with Crippen LogP contribution in [0.5, 0.6) is 0 Å². The molecular formula is C11H9Cl2N4O+. The zero-order valence-electron chi connectivity index (χ0n) is 9.20. The van der Waals surface area contributed by atoms with Gasteiger partial charge in [0.05, 0.1) is 5.69 Å². The van der Waals surface area contributed by atoms with Crippen LogP contribution in [-0.2, 0) is 4.79 Å². The summed E-state index contributed by atoms with van der Waals surface area (Å²) in [6, 6.07) is 5.42. The number of hydrogen-bond acceptors (Lipinski definition) is 4. The third kappa shape index (κ3) is 3.21. The molecule has 2 heterocycles. The van der Waals surface area contributed by atoms with Crippen LogP contribution in [0.2, 0.25) is 0 Å². The Kier molecular flexibility index (Phi) is 4.17. The van der Waals surface area contributed by atoms with E-state index in [2.05, 4.69) is 15.3 Å². The number of hydrogen-bond donors (Lipinski definition) is 0. The van der Waals surface area contributed by atoms with Crippen molar-refractivity contribution in [2.75, 3.05) is 0 Å². The van der Waals surface area contributed by atoms with Crippen molar-refractivity contribution >= 4 is 28.4 Å². The highest BCUT2D eigenvalue weighted by atomic mass is 35.5. The Morgan fingerprint density at radius 2 is 2.28 bits per heavy atom. The molecule has 2 aromatic rings. The van der Waals surface area contributed by atoms with Crippen molar-refractivity contribution in [1.82, 2.24) is 15.3 Å². The molecule has 5 nitrogen and oxygen atoms in total. The molecule has 0 fully saturated rings. The standard InChI is InChI=1S/C11H9Cl2N4O/c12-10(6-11(13)18)17-5-3-8(7-15-17)9-2-1-4-14-16-9/h1-5,7,10H,6H2/q+1. The van der Waals surface area contributed by atoms with E-state index < -0.39 is 10.7 Å². The summed E-state index contributed by atoms with van der Waals surface area (Å²) in [6.07, 6.45) is 4.89. The van der Waals surface area contributed by atoms with Crippen molar-refractivity contribution in [3.8, 4) is 11.3 Å². The Hall–Kier alpha value is -1.59. The fraction of sp³-hybridized carbons (Fsp3) is 0.182. The molecule has 0 aliphatic heterocycles. The minimum Gasteiger partial charge on any atom is -0.281 e. The summed E-state index contributed by atoms with van der Waals surface area (Å²) in [5.41, 5.74) is 0.947. The van der Waals surface area contributed by atoms with E-state index >= 15 is 0 Å². The van der Waals surface area contributed by atoms with E-state index in [9.17, 15) is 4.79 Å². The van der Waals surface area contributed by atoms with Gasteiger partial charge >= 0.3 is 0 Å². The molecule has 1 unspecified atom stereocenters. The van der Waals surface area contributed by atoms with Crippen molar-refractivity contribution in [3.63, 3.8) is 0 Å². The molecule has 0 saturated heterocycles. The summed E-state index contributed by atoms with van der Waals surface area (Å²) in [5.74, 6) is 0. The van der Waals surface area contributed by atoms with E-state index in [4.69, 9.17) is 23.2 Å². The second kappa shape index (κ2) is 5.84. The lowest BCUT2D eigenvalue weighted by Gasteiger charge is -2.00. The molecule has 0 saturated carbocycles. The average molecular weight is 284 g/mol. The van der Waals surface area contributed by atoms with Crippen LogP contribution in [0.15, 0.2) is 36.8 Å². The smallest absolute Gasteiger partial charge is 0.266 e. The van der Waals surface area contributed by atoms with E-state index in [1.807, 2.05) is 6.07 Å². The Balaban J connectivity index is 2.18. The Labute approximate surface area is 113 Å². The first-order chi connectivity index (χ1) is 8.66. The van der Waals surface area contributed by atoms with E-state index in [0.29, 0.717) is 0 Å². The third-order valence-electron chi connectivity index (χ3n) is 2.22. The first-order valence-corrected chi connectivity index (χ1v) is 5.96. The molecular weight excluding hydrogens is 275 g/mol. The molecule has 0 aliphatic carbocycles. The van der Waals surface area contributed by atoms with Crippen LogP contribution in [0, 0.1) is 0 Å². The fourth-order valence-electron chi connectivity index (χ4n) is 1.37. The number of rotatable bonds is 4. The molecule has 18 heavy (non-hydrogen) atoms. The zero-order chi connectivity index (χ0) is 13.0. The second-order valence-corrected chi connectivity index (χ2v) is 4.42. The maximum atomic E-state index is 10.7. The van der Waals surface area contributed by atoms with Crippen LogP contribution in [0.1, 0.15) is 11.9 Å². The van der Waals surface area contributed by atoms with E-state index in [1.54, 1.807) is 30.7 Å². The van der Waals surface area contributed by atoms with Gasteiger partial charge in [-0.2, -0.15) is 10.2 Å². The van der Waals surface area contributed by atoms with Crippen LogP contribution >= 0.6 is 23.2 Å². The van der Waals surface area contributed by atoms with Crippen LogP contribution in [0.4, 0.5) is 0 Å². The first kappa shape index (κ1) is 12.9. The normalized spacial score (nSPS) is 12.1. The van der Waals surface area contributed by atoms with E-state index in [1.165, 1.54) is 4.68 Å². The molecule has 0 N–H and O–H groups in total. The van der Waals surface area contributed by atoms with Crippen LogP contribution < -0.4 is 4.68 Å². The van der Waals surface area contributed by atoms with Gasteiger partial charge in [-0.1, -0.05) is 4.68 Å². The first-order valence-electron chi connectivity index (χ1n) is 5.15. The highest BCUT2D eigenvalue weighted by molar-refractivity contribution is 6.63. The van der Waals surface area contributed by atoms with Crippen LogP contribution in [-0.4, -0.2) is 20.5 Å². The van der Waals surface area contributed by atoms with Gasteiger partial charge in [0, 0.05) is 17.8 Å². The van der Waals surface area contributed by atoms with Crippen molar-refractivity contribution in [2.24, 2.45) is 0 Å². The minimum absolute atomic E-state index is 0.0191. The number of carbonyl (C=O) groups is 1. The van der Waals surface area contributed by atoms with Gasteiger partial charge in [-0.15, -0.1) is 0 Å². The summed E-state index contributed by atoms with van der Waals surface area (Å²) >= 11 is 11.2. The number of aromatic nitrogens is 4. The van der Waals surface area contributed by atoms with Crippen molar-refractivity contribution in [1.29, 1.82) is 0 Å². The summed E-state index contributed by atoms with van der Waals surface area (Å²) in [4.78, 5) is 10.7. The maximum absolute atomic E-state index is 10.7. The topological polar surface area (TPSA) is 59.6 Å². The molecule has 0 aromatic carbocycles. The predicted molar refractivity (Wildman–Crippen MR) is 65.8 cm³/mol. The molecule has 0 bridgehead atoms. The van der Waals surface area contributed by atoms with Crippen LogP contribution in [0.3, 0.4) is 0 Å². The summed E-state index contributed by atoms with van der Waals surface area (Å²) in [7, 11) is 0. The monoisotopic (exact) mass is 283 g/mol. The third-order valence-corrected chi connectivity index (χ3v) is 2.73. The van der Waals surface area contributed by atoms with Crippen molar-refractivity contribution < 1.29 is 9.48 Å². The van der Waals surface area contributed by atoms with Gasteiger partial charge < -0.3 is 0 Å². The molecule has 92 valence electrons. The Morgan fingerprint density at radius 3 is 2.83 bits per heavy atom. The summed E-state index contributed by atoms with van der Waals surface area (Å²) < 4.78 is 1.46. The molecule has 1 atom stereocenters. The van der Waals surface area contributed by atoms with Crippen molar-refractivity contribution in [3.05, 3.63) is 36.8 Å². The summed E-state index contributed by atoms with van der Waals surface area (Å²) in [5, 5.41) is 11.4. The molecule has 2 aromatic heterocycles. The molecule has 2 rings (SSSR count).